The zero-order chi connectivity index (χ0) is 20.0. The van der Waals surface area contributed by atoms with E-state index < -0.39 is 23.8 Å². The van der Waals surface area contributed by atoms with Gasteiger partial charge >= 0.3 is 0 Å². The molecule has 1 saturated carbocycles. The number of fused-ring (bicyclic) bond motifs is 1. The molecule has 4 rings (SSSR count). The molecule has 2 fully saturated rings. The number of nitrogens with one attached hydrogen (secondary N) is 2. The fourth-order valence-electron chi connectivity index (χ4n) is 3.99. The minimum absolute atomic E-state index is 0.0766. The molecule has 8 heteroatoms. The van der Waals surface area contributed by atoms with Crippen LogP contribution in [-0.4, -0.2) is 52.8 Å². The van der Waals surface area contributed by atoms with E-state index in [1.54, 1.807) is 18.2 Å². The number of benzene rings is 1. The molecule has 148 valence electrons. The Bertz CT molecular complexity index is 859. The molecule has 0 bridgehead atoms. The second-order valence-electron chi connectivity index (χ2n) is 7.88. The Hall–Kier alpha value is -2.74. The first-order valence-corrected chi connectivity index (χ1v) is 9.62. The van der Waals surface area contributed by atoms with Crippen LogP contribution in [0.1, 0.15) is 60.2 Å². The molecule has 2 heterocycles. The summed E-state index contributed by atoms with van der Waals surface area (Å²) in [5.41, 5.74) is 0.499. The van der Waals surface area contributed by atoms with Crippen molar-refractivity contribution in [2.24, 2.45) is 0 Å². The number of piperidine rings is 1. The van der Waals surface area contributed by atoms with Gasteiger partial charge in [0, 0.05) is 18.5 Å². The predicted molar refractivity (Wildman–Crippen MR) is 98.8 cm³/mol. The number of carbonyl (C=O) groups excluding carboxylic acids is 4. The van der Waals surface area contributed by atoms with Crippen LogP contribution in [0.3, 0.4) is 0 Å². The Morgan fingerprint density at radius 2 is 1.82 bits per heavy atom. The molecular formula is C20H23N3O5. The first-order valence-electron chi connectivity index (χ1n) is 9.62. The first kappa shape index (κ1) is 18.6. The van der Waals surface area contributed by atoms with E-state index in [-0.39, 0.29) is 36.0 Å². The Morgan fingerprint density at radius 1 is 1.11 bits per heavy atom. The SMILES string of the molecule is CC(C)N[C@H]1C[C@H](Oc2ccc3c(c2)C(=O)N(C2CCC(=O)NC2=O)C3=O)C1. The quantitative estimate of drug-likeness (QED) is 0.733. The maximum absolute atomic E-state index is 12.8. The number of ether oxygens (including phenoxy) is 1. The van der Waals surface area contributed by atoms with Crippen molar-refractivity contribution in [3.05, 3.63) is 29.3 Å². The standard InChI is InChI=1S/C20H23N3O5/c1-10(2)21-11-7-13(8-11)28-12-3-4-14-15(9-12)20(27)23(19(14)26)16-5-6-17(24)22-18(16)25/h3-4,9-11,13,16,21H,5-8H2,1-2H3,(H,22,24,25)/t11-,13-,16?. The Kier molecular flexibility index (Phi) is 4.66. The highest BCUT2D eigenvalue weighted by atomic mass is 16.5. The summed E-state index contributed by atoms with van der Waals surface area (Å²) < 4.78 is 5.94. The van der Waals surface area contributed by atoms with Crippen LogP contribution in [0, 0.1) is 0 Å². The van der Waals surface area contributed by atoms with E-state index in [2.05, 4.69) is 24.5 Å². The van der Waals surface area contributed by atoms with Crippen molar-refractivity contribution in [1.82, 2.24) is 15.5 Å². The van der Waals surface area contributed by atoms with Crippen LogP contribution >= 0.6 is 0 Å². The van der Waals surface area contributed by atoms with Crippen molar-refractivity contribution >= 4 is 23.6 Å². The molecule has 1 unspecified atom stereocenters. The van der Waals surface area contributed by atoms with Crippen molar-refractivity contribution < 1.29 is 23.9 Å². The van der Waals surface area contributed by atoms with Gasteiger partial charge in [0.25, 0.3) is 11.8 Å². The third-order valence-electron chi connectivity index (χ3n) is 5.38. The number of carbonyl (C=O) groups is 4. The molecule has 1 atom stereocenters. The van der Waals surface area contributed by atoms with Crippen LogP contribution in [0.15, 0.2) is 18.2 Å². The van der Waals surface area contributed by atoms with E-state index in [0.29, 0.717) is 17.8 Å². The highest BCUT2D eigenvalue weighted by Gasteiger charge is 2.44. The molecule has 3 aliphatic rings. The van der Waals surface area contributed by atoms with Crippen molar-refractivity contribution in [3.8, 4) is 5.75 Å². The summed E-state index contributed by atoms with van der Waals surface area (Å²) in [5.74, 6) is -1.49. The lowest BCUT2D eigenvalue weighted by Crippen LogP contribution is -2.54. The zero-order valence-corrected chi connectivity index (χ0v) is 15.9. The van der Waals surface area contributed by atoms with Crippen LogP contribution in [0.5, 0.6) is 5.75 Å². The summed E-state index contributed by atoms with van der Waals surface area (Å²) in [4.78, 5) is 49.9. The van der Waals surface area contributed by atoms with Gasteiger partial charge in [-0.3, -0.25) is 29.4 Å². The lowest BCUT2D eigenvalue weighted by molar-refractivity contribution is -0.136. The van der Waals surface area contributed by atoms with E-state index >= 15 is 0 Å². The zero-order valence-electron chi connectivity index (χ0n) is 15.9. The number of nitrogens with zero attached hydrogens (tertiary/aromatic N) is 1. The molecule has 4 amide bonds. The number of hydrogen-bond donors (Lipinski definition) is 2. The van der Waals surface area contributed by atoms with Crippen molar-refractivity contribution in [2.75, 3.05) is 0 Å². The van der Waals surface area contributed by atoms with E-state index in [1.165, 1.54) is 0 Å². The summed E-state index contributed by atoms with van der Waals surface area (Å²) in [5, 5.41) is 5.64. The van der Waals surface area contributed by atoms with Crippen LogP contribution in [0.4, 0.5) is 0 Å². The van der Waals surface area contributed by atoms with E-state index in [1.807, 2.05) is 0 Å². The van der Waals surface area contributed by atoms with Gasteiger partial charge in [-0.25, -0.2) is 0 Å². The predicted octanol–water partition coefficient (Wildman–Crippen LogP) is 0.996. The lowest BCUT2D eigenvalue weighted by Gasteiger charge is -2.37. The van der Waals surface area contributed by atoms with Crippen molar-refractivity contribution in [3.63, 3.8) is 0 Å². The average molecular weight is 385 g/mol. The summed E-state index contributed by atoms with van der Waals surface area (Å²) >= 11 is 0. The average Bonchev–Trinajstić information content (AvgIpc) is 2.84. The monoisotopic (exact) mass is 385 g/mol. The van der Waals surface area contributed by atoms with Gasteiger partial charge in [0.05, 0.1) is 11.1 Å². The van der Waals surface area contributed by atoms with E-state index in [0.717, 1.165) is 17.7 Å². The second kappa shape index (κ2) is 7.01. The Balaban J connectivity index is 1.46. The number of imide groups is 2. The third kappa shape index (κ3) is 3.28. The molecule has 0 radical (unpaired) electrons. The molecule has 1 aliphatic carbocycles. The maximum Gasteiger partial charge on any atom is 0.262 e. The Morgan fingerprint density at radius 3 is 2.50 bits per heavy atom. The molecule has 0 spiro atoms. The second-order valence-corrected chi connectivity index (χ2v) is 7.88. The summed E-state index contributed by atoms with van der Waals surface area (Å²) in [6.07, 6.45) is 2.11. The minimum Gasteiger partial charge on any atom is -0.490 e. The minimum atomic E-state index is -0.955. The van der Waals surface area contributed by atoms with Gasteiger partial charge in [-0.1, -0.05) is 13.8 Å². The first-order chi connectivity index (χ1) is 13.3. The fraction of sp³-hybridized carbons (Fsp3) is 0.500. The van der Waals surface area contributed by atoms with Gasteiger partial charge in [0.15, 0.2) is 0 Å². The molecule has 2 aliphatic heterocycles. The van der Waals surface area contributed by atoms with E-state index in [4.69, 9.17) is 4.74 Å². The van der Waals surface area contributed by atoms with Crippen LogP contribution in [0.25, 0.3) is 0 Å². The van der Waals surface area contributed by atoms with Crippen LogP contribution in [0.2, 0.25) is 0 Å². The summed E-state index contributed by atoms with van der Waals surface area (Å²) in [6.45, 7) is 4.21. The molecule has 0 aromatic heterocycles. The van der Waals surface area contributed by atoms with Crippen molar-refractivity contribution in [1.29, 1.82) is 0 Å². The molecule has 1 aromatic rings. The topological polar surface area (TPSA) is 105 Å². The lowest BCUT2D eigenvalue weighted by atomic mass is 9.88. The normalized spacial score (nSPS) is 27.0. The largest absolute Gasteiger partial charge is 0.490 e. The molecule has 8 nitrogen and oxygen atoms in total. The van der Waals surface area contributed by atoms with Crippen LogP contribution in [-0.2, 0) is 9.59 Å². The molecule has 1 aromatic carbocycles. The summed E-state index contributed by atoms with van der Waals surface area (Å²) in [7, 11) is 0. The smallest absolute Gasteiger partial charge is 0.262 e. The fourth-order valence-corrected chi connectivity index (χ4v) is 3.99. The molecular weight excluding hydrogens is 362 g/mol. The molecule has 2 N–H and O–H groups in total. The van der Waals surface area contributed by atoms with Gasteiger partial charge < -0.3 is 10.1 Å². The van der Waals surface area contributed by atoms with Gasteiger partial charge in [0.1, 0.15) is 17.9 Å². The number of rotatable bonds is 5. The highest BCUT2D eigenvalue weighted by molar-refractivity contribution is 6.23. The van der Waals surface area contributed by atoms with Crippen LogP contribution < -0.4 is 15.4 Å². The maximum atomic E-state index is 12.8. The summed E-state index contributed by atoms with van der Waals surface area (Å²) in [6, 6.07) is 4.73. The highest BCUT2D eigenvalue weighted by Crippen LogP contribution is 2.32. The number of amides is 4. The third-order valence-corrected chi connectivity index (χ3v) is 5.38. The van der Waals surface area contributed by atoms with Gasteiger partial charge in [-0.2, -0.15) is 0 Å². The molecule has 1 saturated heterocycles. The van der Waals surface area contributed by atoms with Crippen molar-refractivity contribution in [2.45, 2.75) is 63.8 Å². The number of hydrogen-bond acceptors (Lipinski definition) is 6. The van der Waals surface area contributed by atoms with E-state index in [9.17, 15) is 19.2 Å². The Labute approximate surface area is 162 Å². The van der Waals surface area contributed by atoms with Gasteiger partial charge in [-0.05, 0) is 37.5 Å². The van der Waals surface area contributed by atoms with Gasteiger partial charge in [0.2, 0.25) is 11.8 Å². The molecule has 28 heavy (non-hydrogen) atoms. The van der Waals surface area contributed by atoms with Gasteiger partial charge in [-0.15, -0.1) is 0 Å².